The fourth-order valence-electron chi connectivity index (χ4n) is 4.07. The molecule has 1 unspecified atom stereocenters. The summed E-state index contributed by atoms with van der Waals surface area (Å²) in [6.07, 6.45) is 2.48. The van der Waals surface area contributed by atoms with Crippen LogP contribution in [0.1, 0.15) is 40.0 Å². The number of Topliss-reactive ketones (excluding diaryl/α,β-unsaturated/α-hetero) is 1. The first-order chi connectivity index (χ1) is 8.50. The van der Waals surface area contributed by atoms with Gasteiger partial charge < -0.3 is 4.74 Å². The third-order valence-corrected chi connectivity index (χ3v) is 5.11. The minimum Gasteiger partial charge on any atom is -0.461 e. The molecular formula is C15H20O3. The molecule has 0 aromatic rings. The molecule has 1 saturated heterocycles. The summed E-state index contributed by atoms with van der Waals surface area (Å²) >= 11 is 0. The number of fused-ring (bicyclic) bond motifs is 3. The Bertz CT molecular complexity index is 449. The predicted molar refractivity (Wildman–Crippen MR) is 66.7 cm³/mol. The molecule has 18 heavy (non-hydrogen) atoms. The zero-order chi connectivity index (χ0) is 13.0. The van der Waals surface area contributed by atoms with Gasteiger partial charge in [-0.1, -0.05) is 19.4 Å². The van der Waals surface area contributed by atoms with Crippen molar-refractivity contribution in [2.45, 2.75) is 46.1 Å². The molecule has 1 saturated carbocycles. The van der Waals surface area contributed by atoms with Crippen LogP contribution in [-0.2, 0) is 14.3 Å². The summed E-state index contributed by atoms with van der Waals surface area (Å²) in [4.78, 5) is 23.9. The minimum absolute atomic E-state index is 0.00921. The molecule has 0 bridgehead atoms. The molecule has 0 amide bonds. The van der Waals surface area contributed by atoms with E-state index in [1.54, 1.807) is 0 Å². The smallest absolute Gasteiger partial charge is 0.309 e. The predicted octanol–water partition coefficient (Wildman–Crippen LogP) is 2.50. The summed E-state index contributed by atoms with van der Waals surface area (Å²) in [6, 6.07) is 0. The second-order valence-electron chi connectivity index (χ2n) is 6.22. The zero-order valence-electron chi connectivity index (χ0n) is 11.2. The van der Waals surface area contributed by atoms with Gasteiger partial charge in [-0.25, -0.2) is 0 Å². The van der Waals surface area contributed by atoms with Crippen LogP contribution in [0.3, 0.4) is 0 Å². The lowest BCUT2D eigenvalue weighted by molar-refractivity contribution is -0.145. The maximum atomic E-state index is 12.1. The van der Waals surface area contributed by atoms with Crippen LogP contribution in [0.5, 0.6) is 0 Å². The van der Waals surface area contributed by atoms with Crippen molar-refractivity contribution in [1.82, 2.24) is 0 Å². The highest BCUT2D eigenvalue weighted by Gasteiger charge is 2.52. The maximum Gasteiger partial charge on any atom is 0.309 e. The van der Waals surface area contributed by atoms with Crippen molar-refractivity contribution >= 4 is 11.8 Å². The van der Waals surface area contributed by atoms with Gasteiger partial charge in [0.2, 0.25) is 0 Å². The quantitative estimate of drug-likeness (QED) is 0.619. The molecule has 0 N–H and O–H groups in total. The third-order valence-electron chi connectivity index (χ3n) is 5.11. The molecule has 1 heterocycles. The third kappa shape index (κ3) is 1.49. The van der Waals surface area contributed by atoms with Crippen molar-refractivity contribution in [2.24, 2.45) is 23.7 Å². The molecule has 1 aliphatic heterocycles. The van der Waals surface area contributed by atoms with Crippen molar-refractivity contribution in [3.05, 3.63) is 11.1 Å². The van der Waals surface area contributed by atoms with E-state index in [4.69, 9.17) is 4.74 Å². The van der Waals surface area contributed by atoms with Gasteiger partial charge in [-0.15, -0.1) is 0 Å². The average Bonchev–Trinajstić information content (AvgIpc) is 2.68. The molecule has 0 aromatic heterocycles. The number of rotatable bonds is 0. The van der Waals surface area contributed by atoms with Gasteiger partial charge in [0.1, 0.15) is 6.10 Å². The Morgan fingerprint density at radius 2 is 1.94 bits per heavy atom. The largest absolute Gasteiger partial charge is 0.461 e. The van der Waals surface area contributed by atoms with E-state index in [9.17, 15) is 9.59 Å². The zero-order valence-corrected chi connectivity index (χ0v) is 11.2. The summed E-state index contributed by atoms with van der Waals surface area (Å²) in [5.41, 5.74) is 2.21. The monoisotopic (exact) mass is 248 g/mol. The van der Waals surface area contributed by atoms with Crippen LogP contribution in [0, 0.1) is 23.7 Å². The molecular weight excluding hydrogens is 228 g/mol. The lowest BCUT2D eigenvalue weighted by Crippen LogP contribution is -2.29. The van der Waals surface area contributed by atoms with Crippen LogP contribution in [0.4, 0.5) is 0 Å². The van der Waals surface area contributed by atoms with Crippen molar-refractivity contribution in [3.8, 4) is 0 Å². The van der Waals surface area contributed by atoms with E-state index in [0.29, 0.717) is 18.3 Å². The van der Waals surface area contributed by atoms with Crippen LogP contribution in [0.15, 0.2) is 11.1 Å². The van der Waals surface area contributed by atoms with E-state index in [2.05, 4.69) is 13.8 Å². The molecule has 0 spiro atoms. The first-order valence-electron chi connectivity index (χ1n) is 6.94. The number of hydrogen-bond acceptors (Lipinski definition) is 3. The second-order valence-corrected chi connectivity index (χ2v) is 6.22. The molecule has 3 aliphatic rings. The van der Waals surface area contributed by atoms with Crippen LogP contribution in [0.25, 0.3) is 0 Å². The fraction of sp³-hybridized carbons (Fsp3) is 0.733. The Morgan fingerprint density at radius 1 is 1.22 bits per heavy atom. The molecule has 98 valence electrons. The minimum atomic E-state index is -0.0737. The van der Waals surface area contributed by atoms with E-state index < -0.39 is 0 Å². The molecule has 0 aromatic carbocycles. The molecule has 0 radical (unpaired) electrons. The highest BCUT2D eigenvalue weighted by atomic mass is 16.6. The summed E-state index contributed by atoms with van der Waals surface area (Å²) in [6.45, 7) is 6.16. The number of hydrogen-bond donors (Lipinski definition) is 0. The van der Waals surface area contributed by atoms with Crippen molar-refractivity contribution in [1.29, 1.82) is 0 Å². The molecule has 3 heteroatoms. The average molecular weight is 248 g/mol. The van der Waals surface area contributed by atoms with Crippen molar-refractivity contribution in [2.75, 3.05) is 0 Å². The molecule has 5 atom stereocenters. The Balaban J connectivity index is 2.04. The van der Waals surface area contributed by atoms with E-state index in [1.807, 2.05) is 6.92 Å². The maximum absolute atomic E-state index is 12.1. The lowest BCUT2D eigenvalue weighted by Gasteiger charge is -2.26. The van der Waals surface area contributed by atoms with E-state index >= 15 is 0 Å². The molecule has 2 fully saturated rings. The second kappa shape index (κ2) is 3.94. The fourth-order valence-corrected chi connectivity index (χ4v) is 4.07. The van der Waals surface area contributed by atoms with Gasteiger partial charge in [-0.3, -0.25) is 9.59 Å². The molecule has 2 aliphatic carbocycles. The van der Waals surface area contributed by atoms with Crippen LogP contribution >= 0.6 is 0 Å². The number of ketones is 1. The van der Waals surface area contributed by atoms with Gasteiger partial charge >= 0.3 is 5.97 Å². The van der Waals surface area contributed by atoms with E-state index in [-0.39, 0.29) is 29.7 Å². The number of carbonyl (C=O) groups excluding carboxylic acids is 2. The van der Waals surface area contributed by atoms with Gasteiger partial charge in [-0.2, -0.15) is 0 Å². The first-order valence-corrected chi connectivity index (χ1v) is 6.94. The highest BCUT2D eigenvalue weighted by molar-refractivity contribution is 5.99. The number of esters is 1. The van der Waals surface area contributed by atoms with Crippen LogP contribution in [-0.4, -0.2) is 17.9 Å². The summed E-state index contributed by atoms with van der Waals surface area (Å²) in [7, 11) is 0. The van der Waals surface area contributed by atoms with Gasteiger partial charge in [0, 0.05) is 23.8 Å². The van der Waals surface area contributed by atoms with E-state index in [0.717, 1.165) is 18.4 Å². The normalized spacial score (nSPS) is 43.6. The van der Waals surface area contributed by atoms with Gasteiger partial charge in [-0.05, 0) is 25.7 Å². The van der Waals surface area contributed by atoms with Gasteiger partial charge in [0.25, 0.3) is 0 Å². The standard InChI is InChI=1S/C15H20O3/c1-7-4-5-10-9(3)15(17)18-14(10)13-8(2)6-11(16)12(7)13/h8-10,13-14H,4-6H2,1-3H3/t8?,9-,10-,13-,14-/m0/s1. The Morgan fingerprint density at radius 3 is 2.67 bits per heavy atom. The van der Waals surface area contributed by atoms with Crippen LogP contribution < -0.4 is 0 Å². The summed E-state index contributed by atoms with van der Waals surface area (Å²) < 4.78 is 5.61. The highest BCUT2D eigenvalue weighted by Crippen LogP contribution is 2.49. The number of ether oxygens (including phenoxy) is 1. The van der Waals surface area contributed by atoms with E-state index in [1.165, 1.54) is 5.57 Å². The van der Waals surface area contributed by atoms with Crippen molar-refractivity contribution < 1.29 is 14.3 Å². The van der Waals surface area contributed by atoms with Gasteiger partial charge in [0.05, 0.1) is 5.92 Å². The Kier molecular flexibility index (Phi) is 2.61. The Labute approximate surface area is 108 Å². The van der Waals surface area contributed by atoms with Crippen LogP contribution in [0.2, 0.25) is 0 Å². The Hall–Kier alpha value is -1.12. The summed E-state index contributed by atoms with van der Waals surface area (Å²) in [5.74, 6) is 0.954. The SMILES string of the molecule is CC1=C2C(=O)CC(C)[C@@H]2[C@H]2OC(=O)[C@@H](C)[C@@H]2CC1. The lowest BCUT2D eigenvalue weighted by atomic mass is 9.80. The molecule has 3 nitrogen and oxygen atoms in total. The number of allylic oxidation sites excluding steroid dienone is 1. The summed E-state index contributed by atoms with van der Waals surface area (Å²) in [5, 5.41) is 0. The number of carbonyl (C=O) groups is 2. The topological polar surface area (TPSA) is 43.4 Å². The molecule has 3 rings (SSSR count). The van der Waals surface area contributed by atoms with Crippen molar-refractivity contribution in [3.63, 3.8) is 0 Å². The van der Waals surface area contributed by atoms with Gasteiger partial charge in [0.15, 0.2) is 5.78 Å². The first kappa shape index (κ1) is 11.9.